The first-order valence-corrected chi connectivity index (χ1v) is 5.08. The number of benzene rings is 1. The molecule has 4 nitrogen and oxygen atoms in total. The summed E-state index contributed by atoms with van der Waals surface area (Å²) in [6, 6.07) is 3.38. The van der Waals surface area contributed by atoms with Gasteiger partial charge in [-0.05, 0) is 28.1 Å². The number of carbonyl (C=O) groups excluding carboxylic acids is 1. The molecule has 0 spiro atoms. The fraction of sp³-hybridized carbons (Fsp3) is 0.300. The van der Waals surface area contributed by atoms with Crippen molar-refractivity contribution in [3.8, 4) is 11.5 Å². The highest BCUT2D eigenvalue weighted by Crippen LogP contribution is 2.37. The summed E-state index contributed by atoms with van der Waals surface area (Å²) in [5.41, 5.74) is 5.73. The van der Waals surface area contributed by atoms with Crippen LogP contribution in [-0.4, -0.2) is 26.5 Å². The maximum atomic E-state index is 11.5. The van der Waals surface area contributed by atoms with Gasteiger partial charge in [-0.2, -0.15) is 0 Å². The van der Waals surface area contributed by atoms with Crippen molar-refractivity contribution in [1.82, 2.24) is 0 Å². The molecular weight excluding hydrogens is 262 g/mol. The van der Waals surface area contributed by atoms with E-state index >= 15 is 0 Å². The van der Waals surface area contributed by atoms with Gasteiger partial charge in [-0.25, -0.2) is 0 Å². The van der Waals surface area contributed by atoms with Crippen LogP contribution in [0.25, 0.3) is 0 Å². The molecule has 0 aliphatic rings. The molecule has 0 saturated heterocycles. The molecule has 0 atom stereocenters. The summed E-state index contributed by atoms with van der Waals surface area (Å²) >= 11 is 3.31. The molecule has 1 rings (SSSR count). The number of ketones is 1. The van der Waals surface area contributed by atoms with Gasteiger partial charge in [-0.1, -0.05) is 0 Å². The van der Waals surface area contributed by atoms with E-state index in [2.05, 4.69) is 15.9 Å². The third kappa shape index (κ3) is 2.30. The number of hydrogen-bond acceptors (Lipinski definition) is 4. The molecule has 1 aromatic carbocycles. The van der Waals surface area contributed by atoms with Gasteiger partial charge in [-0.15, -0.1) is 0 Å². The van der Waals surface area contributed by atoms with Crippen molar-refractivity contribution in [2.45, 2.75) is 0 Å². The van der Waals surface area contributed by atoms with Crippen LogP contribution in [-0.2, 0) is 0 Å². The summed E-state index contributed by atoms with van der Waals surface area (Å²) in [5, 5.41) is 0. The SMILES string of the molecule is COc1c(Br)ccc(C(=O)CN)c1OC. The van der Waals surface area contributed by atoms with Gasteiger partial charge in [0.05, 0.1) is 30.8 Å². The van der Waals surface area contributed by atoms with Crippen LogP contribution in [0.4, 0.5) is 0 Å². The second-order valence-corrected chi connectivity index (χ2v) is 3.64. The molecular formula is C10H12BrNO3. The van der Waals surface area contributed by atoms with Gasteiger partial charge in [0.2, 0.25) is 0 Å². The molecule has 0 unspecified atom stereocenters. The van der Waals surface area contributed by atoms with Crippen molar-refractivity contribution in [2.75, 3.05) is 20.8 Å². The Labute approximate surface area is 96.5 Å². The standard InChI is InChI=1S/C10H12BrNO3/c1-14-9-6(8(13)5-12)3-4-7(11)10(9)15-2/h3-4H,5,12H2,1-2H3. The molecule has 0 saturated carbocycles. The first kappa shape index (κ1) is 12.0. The van der Waals surface area contributed by atoms with E-state index in [0.29, 0.717) is 17.1 Å². The van der Waals surface area contributed by atoms with Crippen molar-refractivity contribution < 1.29 is 14.3 Å². The summed E-state index contributed by atoms with van der Waals surface area (Å²) in [6.07, 6.45) is 0. The lowest BCUT2D eigenvalue weighted by molar-refractivity contribution is 0.0998. The Kier molecular flexibility index (Phi) is 4.11. The Morgan fingerprint density at radius 3 is 2.40 bits per heavy atom. The van der Waals surface area contributed by atoms with Crippen LogP contribution in [0.5, 0.6) is 11.5 Å². The van der Waals surface area contributed by atoms with E-state index in [9.17, 15) is 4.79 Å². The first-order chi connectivity index (χ1) is 7.15. The third-order valence-electron chi connectivity index (χ3n) is 1.96. The predicted molar refractivity (Wildman–Crippen MR) is 60.6 cm³/mol. The van der Waals surface area contributed by atoms with E-state index in [1.54, 1.807) is 12.1 Å². The number of halogens is 1. The van der Waals surface area contributed by atoms with Crippen molar-refractivity contribution in [3.63, 3.8) is 0 Å². The lowest BCUT2D eigenvalue weighted by atomic mass is 10.1. The predicted octanol–water partition coefficient (Wildman–Crippen LogP) is 1.61. The van der Waals surface area contributed by atoms with E-state index in [-0.39, 0.29) is 12.3 Å². The largest absolute Gasteiger partial charge is 0.492 e. The highest BCUT2D eigenvalue weighted by atomic mass is 79.9. The lowest BCUT2D eigenvalue weighted by Crippen LogP contribution is -2.15. The van der Waals surface area contributed by atoms with E-state index in [4.69, 9.17) is 15.2 Å². The van der Waals surface area contributed by atoms with Crippen LogP contribution >= 0.6 is 15.9 Å². The molecule has 2 N–H and O–H groups in total. The number of carbonyl (C=O) groups is 1. The molecule has 0 fully saturated rings. The molecule has 0 aliphatic carbocycles. The van der Waals surface area contributed by atoms with Crippen LogP contribution in [0.15, 0.2) is 16.6 Å². The molecule has 1 aromatic rings. The van der Waals surface area contributed by atoms with Gasteiger partial charge in [0.25, 0.3) is 0 Å². The number of rotatable bonds is 4. The summed E-state index contributed by atoms with van der Waals surface area (Å²) in [4.78, 5) is 11.5. The molecule has 15 heavy (non-hydrogen) atoms. The summed E-state index contributed by atoms with van der Waals surface area (Å²) in [6.45, 7) is -0.0544. The second-order valence-electron chi connectivity index (χ2n) is 2.79. The number of methoxy groups -OCH3 is 2. The van der Waals surface area contributed by atoms with Crippen molar-refractivity contribution in [1.29, 1.82) is 0 Å². The van der Waals surface area contributed by atoms with Gasteiger partial charge < -0.3 is 15.2 Å². The Hall–Kier alpha value is -1.07. The zero-order chi connectivity index (χ0) is 11.4. The first-order valence-electron chi connectivity index (χ1n) is 4.29. The van der Waals surface area contributed by atoms with Gasteiger partial charge in [-0.3, -0.25) is 4.79 Å². The third-order valence-corrected chi connectivity index (χ3v) is 2.58. The van der Waals surface area contributed by atoms with Crippen LogP contribution in [0.2, 0.25) is 0 Å². The Morgan fingerprint density at radius 1 is 1.33 bits per heavy atom. The quantitative estimate of drug-likeness (QED) is 0.847. The Bertz CT molecular complexity index is 379. The van der Waals surface area contributed by atoms with Gasteiger partial charge in [0, 0.05) is 0 Å². The van der Waals surface area contributed by atoms with Crippen LogP contribution in [0, 0.1) is 0 Å². The topological polar surface area (TPSA) is 61.5 Å². The fourth-order valence-electron chi connectivity index (χ4n) is 1.26. The minimum Gasteiger partial charge on any atom is -0.492 e. The number of Topliss-reactive ketones (excluding diaryl/α,β-unsaturated/α-hetero) is 1. The number of ether oxygens (including phenoxy) is 2. The number of hydrogen-bond donors (Lipinski definition) is 1. The molecule has 0 aliphatic heterocycles. The molecule has 0 heterocycles. The van der Waals surface area contributed by atoms with Crippen LogP contribution in [0.1, 0.15) is 10.4 Å². The lowest BCUT2D eigenvalue weighted by Gasteiger charge is -2.12. The van der Waals surface area contributed by atoms with Gasteiger partial charge >= 0.3 is 0 Å². The minimum atomic E-state index is -0.183. The van der Waals surface area contributed by atoms with E-state index < -0.39 is 0 Å². The van der Waals surface area contributed by atoms with Gasteiger partial charge in [0.15, 0.2) is 17.3 Å². The average Bonchev–Trinajstić information content (AvgIpc) is 2.27. The smallest absolute Gasteiger partial charge is 0.180 e. The molecule has 0 radical (unpaired) electrons. The molecule has 0 aromatic heterocycles. The van der Waals surface area contributed by atoms with Crippen molar-refractivity contribution >= 4 is 21.7 Å². The summed E-state index contributed by atoms with van der Waals surface area (Å²) in [7, 11) is 3.00. The van der Waals surface area contributed by atoms with Gasteiger partial charge in [0.1, 0.15) is 0 Å². The minimum absolute atomic E-state index is 0.0544. The average molecular weight is 274 g/mol. The van der Waals surface area contributed by atoms with E-state index in [1.165, 1.54) is 14.2 Å². The normalized spacial score (nSPS) is 9.87. The van der Waals surface area contributed by atoms with E-state index in [1.807, 2.05) is 0 Å². The highest BCUT2D eigenvalue weighted by molar-refractivity contribution is 9.10. The van der Waals surface area contributed by atoms with Crippen LogP contribution in [0.3, 0.4) is 0 Å². The second kappa shape index (κ2) is 5.14. The molecule has 82 valence electrons. The highest BCUT2D eigenvalue weighted by Gasteiger charge is 2.17. The van der Waals surface area contributed by atoms with Crippen molar-refractivity contribution in [3.05, 3.63) is 22.2 Å². The maximum Gasteiger partial charge on any atom is 0.180 e. The summed E-state index contributed by atoms with van der Waals surface area (Å²) < 4.78 is 11.0. The molecule has 0 amide bonds. The zero-order valence-corrected chi connectivity index (χ0v) is 10.1. The number of nitrogens with two attached hydrogens (primary N) is 1. The monoisotopic (exact) mass is 273 g/mol. The fourth-order valence-corrected chi connectivity index (χ4v) is 1.74. The Morgan fingerprint density at radius 2 is 1.93 bits per heavy atom. The zero-order valence-electron chi connectivity index (χ0n) is 8.54. The van der Waals surface area contributed by atoms with Crippen LogP contribution < -0.4 is 15.2 Å². The van der Waals surface area contributed by atoms with Crippen molar-refractivity contribution in [2.24, 2.45) is 5.73 Å². The maximum absolute atomic E-state index is 11.5. The molecule has 0 bridgehead atoms. The summed E-state index contributed by atoms with van der Waals surface area (Å²) in [5.74, 6) is 0.719. The Balaban J connectivity index is 3.35. The van der Waals surface area contributed by atoms with E-state index in [0.717, 1.165) is 4.47 Å². The molecule has 5 heteroatoms.